The van der Waals surface area contributed by atoms with E-state index in [4.69, 9.17) is 9.47 Å². The Morgan fingerprint density at radius 3 is 2.35 bits per heavy atom. The lowest BCUT2D eigenvalue weighted by Crippen LogP contribution is -2.24. The average molecular weight is 313 g/mol. The molecule has 0 saturated heterocycles. The number of aryl methyl sites for hydroxylation is 1. The van der Waals surface area contributed by atoms with Crippen molar-refractivity contribution in [2.45, 2.75) is 46.4 Å². The first-order valence-corrected chi connectivity index (χ1v) is 8.21. The average Bonchev–Trinajstić information content (AvgIpc) is 2.59. The second-order valence-corrected chi connectivity index (χ2v) is 5.95. The van der Waals surface area contributed by atoms with E-state index in [-0.39, 0.29) is 0 Å². The number of ether oxygens (including phenoxy) is 2. The third-order valence-electron chi connectivity index (χ3n) is 4.01. The molecule has 0 radical (unpaired) electrons. The van der Waals surface area contributed by atoms with Crippen molar-refractivity contribution in [3.05, 3.63) is 59.2 Å². The molecule has 0 saturated carbocycles. The Balaban J connectivity index is 1.99. The molecule has 3 heteroatoms. The van der Waals surface area contributed by atoms with Crippen LogP contribution in [0, 0.1) is 6.92 Å². The van der Waals surface area contributed by atoms with Crippen LogP contribution in [0.2, 0.25) is 0 Å². The third-order valence-corrected chi connectivity index (χ3v) is 4.01. The maximum atomic E-state index is 5.91. The molecular weight excluding hydrogens is 286 g/mol. The van der Waals surface area contributed by atoms with E-state index >= 15 is 0 Å². The van der Waals surface area contributed by atoms with Gasteiger partial charge in [0.15, 0.2) is 11.5 Å². The number of hydrogen-bond donors (Lipinski definition) is 1. The normalized spacial score (nSPS) is 12.0. The van der Waals surface area contributed by atoms with Gasteiger partial charge in [0.05, 0.1) is 7.11 Å². The zero-order valence-electron chi connectivity index (χ0n) is 14.6. The lowest BCUT2D eigenvalue weighted by molar-refractivity contribution is 0.284. The van der Waals surface area contributed by atoms with Gasteiger partial charge >= 0.3 is 0 Å². The third kappa shape index (κ3) is 5.29. The molecule has 0 heterocycles. The monoisotopic (exact) mass is 313 g/mol. The number of rotatable bonds is 8. The van der Waals surface area contributed by atoms with Gasteiger partial charge in [0.25, 0.3) is 0 Å². The van der Waals surface area contributed by atoms with E-state index in [1.165, 1.54) is 11.1 Å². The molecule has 2 aromatic rings. The van der Waals surface area contributed by atoms with Crippen molar-refractivity contribution in [2.24, 2.45) is 0 Å². The highest BCUT2D eigenvalue weighted by Crippen LogP contribution is 2.29. The van der Waals surface area contributed by atoms with Gasteiger partial charge in [-0.2, -0.15) is 0 Å². The molecule has 2 aromatic carbocycles. The molecule has 0 spiro atoms. The molecular formula is C20H27NO2. The molecule has 23 heavy (non-hydrogen) atoms. The van der Waals surface area contributed by atoms with Crippen LogP contribution in [0.15, 0.2) is 42.5 Å². The smallest absolute Gasteiger partial charge is 0.161 e. The molecule has 124 valence electrons. The molecule has 0 fully saturated rings. The maximum Gasteiger partial charge on any atom is 0.161 e. The van der Waals surface area contributed by atoms with Crippen LogP contribution in [-0.2, 0) is 13.2 Å². The van der Waals surface area contributed by atoms with Crippen LogP contribution in [0.4, 0.5) is 0 Å². The maximum absolute atomic E-state index is 5.91. The molecule has 0 aliphatic heterocycles. The van der Waals surface area contributed by atoms with E-state index < -0.39 is 0 Å². The Bertz CT molecular complexity index is 608. The molecule has 0 aliphatic carbocycles. The van der Waals surface area contributed by atoms with E-state index in [0.29, 0.717) is 12.6 Å². The Hall–Kier alpha value is -2.00. The minimum absolute atomic E-state index is 0.512. The zero-order valence-corrected chi connectivity index (χ0v) is 14.6. The predicted molar refractivity (Wildman–Crippen MR) is 95.1 cm³/mol. The molecule has 1 N–H and O–H groups in total. The molecule has 0 amide bonds. The van der Waals surface area contributed by atoms with Gasteiger partial charge in [-0.25, -0.2) is 0 Å². The topological polar surface area (TPSA) is 30.5 Å². The number of nitrogens with one attached hydrogen (secondary N) is 1. The fourth-order valence-corrected chi connectivity index (χ4v) is 2.22. The largest absolute Gasteiger partial charge is 0.493 e. The van der Waals surface area contributed by atoms with E-state index in [9.17, 15) is 0 Å². The molecule has 2 rings (SSSR count). The highest BCUT2D eigenvalue weighted by atomic mass is 16.5. The van der Waals surface area contributed by atoms with Crippen molar-refractivity contribution >= 4 is 0 Å². The summed E-state index contributed by atoms with van der Waals surface area (Å²) in [7, 11) is 1.68. The van der Waals surface area contributed by atoms with E-state index in [1.807, 2.05) is 12.1 Å². The van der Waals surface area contributed by atoms with Gasteiger partial charge in [0.2, 0.25) is 0 Å². The predicted octanol–water partition coefficient (Wildman–Crippen LogP) is 4.47. The van der Waals surface area contributed by atoms with Crippen LogP contribution in [0.5, 0.6) is 11.5 Å². The van der Waals surface area contributed by atoms with Gasteiger partial charge < -0.3 is 14.8 Å². The summed E-state index contributed by atoms with van der Waals surface area (Å²) in [6.45, 7) is 7.83. The highest BCUT2D eigenvalue weighted by Gasteiger charge is 2.07. The van der Waals surface area contributed by atoms with Crippen LogP contribution in [0.3, 0.4) is 0 Å². The van der Waals surface area contributed by atoms with Crippen LogP contribution in [-0.4, -0.2) is 13.2 Å². The standard InChI is InChI=1S/C20H27NO2/c1-5-16(3)21-13-18-10-11-19(20(12-18)22-4)23-14-17-8-6-15(2)7-9-17/h6-12,16,21H,5,13-14H2,1-4H3/t16-/m1/s1. The summed E-state index contributed by atoms with van der Waals surface area (Å²) in [5.41, 5.74) is 3.61. The summed E-state index contributed by atoms with van der Waals surface area (Å²) in [5, 5.41) is 3.49. The van der Waals surface area contributed by atoms with Crippen molar-refractivity contribution in [1.82, 2.24) is 5.32 Å². The van der Waals surface area contributed by atoms with E-state index in [1.54, 1.807) is 7.11 Å². The Morgan fingerprint density at radius 2 is 1.70 bits per heavy atom. The fourth-order valence-electron chi connectivity index (χ4n) is 2.22. The quantitative estimate of drug-likeness (QED) is 0.780. The minimum atomic E-state index is 0.512. The molecule has 0 aromatic heterocycles. The van der Waals surface area contributed by atoms with Crippen molar-refractivity contribution in [3.63, 3.8) is 0 Å². The van der Waals surface area contributed by atoms with Crippen LogP contribution in [0.25, 0.3) is 0 Å². The van der Waals surface area contributed by atoms with Gasteiger partial charge in [-0.05, 0) is 43.5 Å². The summed E-state index contributed by atoms with van der Waals surface area (Å²) in [5.74, 6) is 1.56. The SMILES string of the molecule is CC[C@@H](C)NCc1ccc(OCc2ccc(C)cc2)c(OC)c1. The summed E-state index contributed by atoms with van der Waals surface area (Å²) in [4.78, 5) is 0. The van der Waals surface area contributed by atoms with Gasteiger partial charge in [-0.3, -0.25) is 0 Å². The molecule has 0 unspecified atom stereocenters. The summed E-state index contributed by atoms with van der Waals surface area (Å²) in [6, 6.07) is 15.0. The lowest BCUT2D eigenvalue weighted by Gasteiger charge is -2.14. The zero-order chi connectivity index (χ0) is 16.7. The number of hydrogen-bond acceptors (Lipinski definition) is 3. The van der Waals surface area contributed by atoms with E-state index in [2.05, 4.69) is 56.4 Å². The van der Waals surface area contributed by atoms with Gasteiger partial charge in [0, 0.05) is 12.6 Å². The highest BCUT2D eigenvalue weighted by molar-refractivity contribution is 5.43. The summed E-state index contributed by atoms with van der Waals surface area (Å²) >= 11 is 0. The molecule has 0 aliphatic rings. The van der Waals surface area contributed by atoms with Crippen molar-refractivity contribution in [2.75, 3.05) is 7.11 Å². The van der Waals surface area contributed by atoms with Crippen LogP contribution < -0.4 is 14.8 Å². The Kier molecular flexibility index (Phi) is 6.48. The first kappa shape index (κ1) is 17.4. The van der Waals surface area contributed by atoms with Crippen LogP contribution >= 0.6 is 0 Å². The van der Waals surface area contributed by atoms with Crippen molar-refractivity contribution in [3.8, 4) is 11.5 Å². The Morgan fingerprint density at radius 1 is 1.00 bits per heavy atom. The van der Waals surface area contributed by atoms with E-state index in [0.717, 1.165) is 30.0 Å². The van der Waals surface area contributed by atoms with Crippen molar-refractivity contribution in [1.29, 1.82) is 0 Å². The van der Waals surface area contributed by atoms with Crippen molar-refractivity contribution < 1.29 is 9.47 Å². The summed E-state index contributed by atoms with van der Waals surface area (Å²) < 4.78 is 11.4. The second-order valence-electron chi connectivity index (χ2n) is 5.95. The first-order chi connectivity index (χ1) is 11.1. The minimum Gasteiger partial charge on any atom is -0.493 e. The van der Waals surface area contributed by atoms with Gasteiger partial charge in [0.1, 0.15) is 6.61 Å². The lowest BCUT2D eigenvalue weighted by atomic mass is 10.1. The first-order valence-electron chi connectivity index (χ1n) is 8.21. The summed E-state index contributed by atoms with van der Waals surface area (Å²) in [6.07, 6.45) is 1.12. The number of methoxy groups -OCH3 is 1. The Labute approximate surface area is 139 Å². The second kappa shape index (κ2) is 8.59. The van der Waals surface area contributed by atoms with Crippen LogP contribution in [0.1, 0.15) is 37.0 Å². The van der Waals surface area contributed by atoms with Gasteiger partial charge in [-0.15, -0.1) is 0 Å². The fraction of sp³-hybridized carbons (Fsp3) is 0.400. The molecule has 3 nitrogen and oxygen atoms in total. The van der Waals surface area contributed by atoms with Gasteiger partial charge in [-0.1, -0.05) is 42.8 Å². The molecule has 1 atom stereocenters. The molecule has 0 bridgehead atoms. The number of benzene rings is 2.